The Hall–Kier alpha value is -4.53. The van der Waals surface area contributed by atoms with E-state index >= 15 is 0 Å². The van der Waals surface area contributed by atoms with E-state index in [2.05, 4.69) is 16.0 Å². The van der Waals surface area contributed by atoms with Crippen LogP contribution in [-0.2, 0) is 4.79 Å². The third-order valence-corrected chi connectivity index (χ3v) is 5.14. The number of hydrogen-bond acceptors (Lipinski definition) is 6. The van der Waals surface area contributed by atoms with Gasteiger partial charge in [0.2, 0.25) is 0 Å². The number of aryl methyl sites for hydroxylation is 1. The monoisotopic (exact) mass is 477 g/mol. The van der Waals surface area contributed by atoms with Crippen molar-refractivity contribution in [1.29, 1.82) is 0 Å². The van der Waals surface area contributed by atoms with Gasteiger partial charge in [-0.25, -0.2) is 0 Å². The molecule has 0 heterocycles. The van der Waals surface area contributed by atoms with Gasteiger partial charge in [0.1, 0.15) is 5.75 Å². The molecule has 0 spiro atoms. The number of carbonyl (C=O) groups excluding carboxylic acids is 3. The van der Waals surface area contributed by atoms with Gasteiger partial charge in [0.05, 0.1) is 31.2 Å². The van der Waals surface area contributed by atoms with E-state index in [9.17, 15) is 14.4 Å². The quantitative estimate of drug-likeness (QED) is 0.434. The number of methoxy groups -OCH3 is 2. The fourth-order valence-electron chi connectivity index (χ4n) is 3.40. The van der Waals surface area contributed by atoms with Crippen LogP contribution in [0, 0.1) is 6.92 Å². The van der Waals surface area contributed by atoms with Crippen molar-refractivity contribution < 1.29 is 28.6 Å². The minimum Gasteiger partial charge on any atom is -0.495 e. The molecule has 35 heavy (non-hydrogen) atoms. The molecule has 9 nitrogen and oxygen atoms in total. The van der Waals surface area contributed by atoms with Gasteiger partial charge in [-0.3, -0.25) is 14.4 Å². The fourth-order valence-corrected chi connectivity index (χ4v) is 3.40. The molecular formula is C26H27N3O6. The van der Waals surface area contributed by atoms with E-state index in [-0.39, 0.29) is 29.7 Å². The van der Waals surface area contributed by atoms with E-state index < -0.39 is 5.91 Å². The number of nitrogens with one attached hydrogen (secondary N) is 3. The van der Waals surface area contributed by atoms with Crippen molar-refractivity contribution in [2.24, 2.45) is 0 Å². The summed E-state index contributed by atoms with van der Waals surface area (Å²) in [6.07, 6.45) is 0. The summed E-state index contributed by atoms with van der Waals surface area (Å²) in [6, 6.07) is 16.8. The molecule has 3 amide bonds. The van der Waals surface area contributed by atoms with Crippen LogP contribution < -0.4 is 30.2 Å². The molecule has 3 N–H and O–H groups in total. The predicted octanol–water partition coefficient (Wildman–Crippen LogP) is 3.64. The molecule has 9 heteroatoms. The lowest BCUT2D eigenvalue weighted by molar-refractivity contribution is -0.118. The summed E-state index contributed by atoms with van der Waals surface area (Å²) in [4.78, 5) is 37.5. The van der Waals surface area contributed by atoms with Gasteiger partial charge in [0.25, 0.3) is 17.7 Å². The molecule has 0 aliphatic heterocycles. The smallest absolute Gasteiger partial charge is 0.262 e. The largest absolute Gasteiger partial charge is 0.495 e. The van der Waals surface area contributed by atoms with E-state index in [1.165, 1.54) is 27.3 Å². The van der Waals surface area contributed by atoms with Crippen LogP contribution >= 0.6 is 0 Å². The minimum atomic E-state index is -0.431. The zero-order valence-electron chi connectivity index (χ0n) is 19.9. The highest BCUT2D eigenvalue weighted by atomic mass is 16.5. The lowest BCUT2D eigenvalue weighted by Gasteiger charge is -2.15. The summed E-state index contributed by atoms with van der Waals surface area (Å²) in [5, 5.41) is 8.07. The van der Waals surface area contributed by atoms with Gasteiger partial charge < -0.3 is 30.2 Å². The van der Waals surface area contributed by atoms with Crippen molar-refractivity contribution in [3.8, 4) is 17.2 Å². The van der Waals surface area contributed by atoms with Gasteiger partial charge in [0, 0.05) is 12.6 Å². The zero-order chi connectivity index (χ0) is 25.4. The molecule has 0 aliphatic rings. The molecule has 3 aromatic carbocycles. The predicted molar refractivity (Wildman–Crippen MR) is 133 cm³/mol. The SMILES string of the molecule is CNC(=O)c1c(C)cccc1NC(=O)c1ccc(OCC(=O)Nc2ccccc2OC)c(OC)c1. The van der Waals surface area contributed by atoms with Gasteiger partial charge in [-0.15, -0.1) is 0 Å². The second-order valence-electron chi connectivity index (χ2n) is 7.43. The first-order valence-corrected chi connectivity index (χ1v) is 10.7. The molecule has 0 aromatic heterocycles. The Morgan fingerprint density at radius 2 is 1.49 bits per heavy atom. The normalized spacial score (nSPS) is 10.2. The molecule has 0 unspecified atom stereocenters. The van der Waals surface area contributed by atoms with E-state index in [1.807, 2.05) is 0 Å². The van der Waals surface area contributed by atoms with Gasteiger partial charge >= 0.3 is 0 Å². The first kappa shape index (κ1) is 25.1. The third kappa shape index (κ3) is 6.08. The maximum absolute atomic E-state index is 12.9. The summed E-state index contributed by atoms with van der Waals surface area (Å²) < 4.78 is 16.2. The second kappa shape index (κ2) is 11.6. The van der Waals surface area contributed by atoms with E-state index in [4.69, 9.17) is 14.2 Å². The lowest BCUT2D eigenvalue weighted by Crippen LogP contribution is -2.22. The van der Waals surface area contributed by atoms with Crippen LogP contribution in [0.15, 0.2) is 60.7 Å². The average molecular weight is 478 g/mol. The highest BCUT2D eigenvalue weighted by molar-refractivity contribution is 6.09. The van der Waals surface area contributed by atoms with Crippen molar-refractivity contribution in [2.75, 3.05) is 38.5 Å². The number of carbonyl (C=O) groups is 3. The Bertz CT molecular complexity index is 1240. The Balaban J connectivity index is 1.70. The van der Waals surface area contributed by atoms with Crippen LogP contribution in [0.5, 0.6) is 17.2 Å². The standard InChI is InChI=1S/C26H27N3O6/c1-16-8-7-10-19(24(16)26(32)27-2)29-25(31)17-12-13-21(22(14-17)34-4)35-15-23(30)28-18-9-5-6-11-20(18)33-3/h5-14H,15H2,1-4H3,(H,27,32)(H,28,30)(H,29,31). The Kier molecular flexibility index (Phi) is 8.29. The number of anilines is 2. The van der Waals surface area contributed by atoms with Crippen molar-refractivity contribution >= 4 is 29.1 Å². The summed E-state index contributed by atoms with van der Waals surface area (Å²) in [6.45, 7) is 1.51. The first-order valence-electron chi connectivity index (χ1n) is 10.7. The Morgan fingerprint density at radius 3 is 2.20 bits per heavy atom. The topological polar surface area (TPSA) is 115 Å². The summed E-state index contributed by atoms with van der Waals surface area (Å²) in [5.41, 5.74) is 2.32. The number of benzene rings is 3. The van der Waals surface area contributed by atoms with Crippen LogP contribution in [0.2, 0.25) is 0 Å². The van der Waals surface area contributed by atoms with E-state index in [0.717, 1.165) is 5.56 Å². The maximum atomic E-state index is 12.9. The van der Waals surface area contributed by atoms with Crippen LogP contribution in [0.25, 0.3) is 0 Å². The zero-order valence-corrected chi connectivity index (χ0v) is 19.9. The number of hydrogen-bond donors (Lipinski definition) is 3. The molecule has 3 rings (SSSR count). The molecule has 0 saturated carbocycles. The van der Waals surface area contributed by atoms with Gasteiger partial charge in [-0.1, -0.05) is 24.3 Å². The van der Waals surface area contributed by atoms with Crippen LogP contribution in [0.1, 0.15) is 26.3 Å². The molecule has 3 aromatic rings. The molecular weight excluding hydrogens is 450 g/mol. The number of rotatable bonds is 9. The van der Waals surface area contributed by atoms with Crippen molar-refractivity contribution in [2.45, 2.75) is 6.92 Å². The second-order valence-corrected chi connectivity index (χ2v) is 7.43. The van der Waals surface area contributed by atoms with E-state index in [0.29, 0.717) is 28.4 Å². The fraction of sp³-hybridized carbons (Fsp3) is 0.192. The third-order valence-electron chi connectivity index (χ3n) is 5.14. The summed E-state index contributed by atoms with van der Waals surface area (Å²) in [7, 11) is 4.48. The van der Waals surface area contributed by atoms with Crippen molar-refractivity contribution in [3.05, 3.63) is 77.4 Å². The maximum Gasteiger partial charge on any atom is 0.262 e. The molecule has 0 aliphatic carbocycles. The lowest BCUT2D eigenvalue weighted by atomic mass is 10.1. The number of ether oxygens (including phenoxy) is 3. The van der Waals surface area contributed by atoms with Gasteiger partial charge in [-0.2, -0.15) is 0 Å². The average Bonchev–Trinajstić information content (AvgIpc) is 2.87. The summed E-state index contributed by atoms with van der Waals surface area (Å²) >= 11 is 0. The van der Waals surface area contributed by atoms with E-state index in [1.54, 1.807) is 61.5 Å². The molecule has 182 valence electrons. The highest BCUT2D eigenvalue weighted by Gasteiger charge is 2.17. The van der Waals surface area contributed by atoms with Crippen molar-refractivity contribution in [3.63, 3.8) is 0 Å². The Labute approximate surface area is 203 Å². The van der Waals surface area contributed by atoms with Crippen LogP contribution in [-0.4, -0.2) is 45.6 Å². The van der Waals surface area contributed by atoms with Gasteiger partial charge in [0.15, 0.2) is 18.1 Å². The minimum absolute atomic E-state index is 0.276. The van der Waals surface area contributed by atoms with Gasteiger partial charge in [-0.05, 0) is 48.9 Å². The van der Waals surface area contributed by atoms with Crippen molar-refractivity contribution in [1.82, 2.24) is 5.32 Å². The summed E-state index contributed by atoms with van der Waals surface area (Å²) in [5.74, 6) is -0.0217. The molecule has 0 bridgehead atoms. The molecule has 0 atom stereocenters. The van der Waals surface area contributed by atoms with Crippen LogP contribution in [0.3, 0.4) is 0 Å². The molecule has 0 radical (unpaired) electrons. The number of para-hydroxylation sites is 2. The Morgan fingerprint density at radius 1 is 0.771 bits per heavy atom. The first-order chi connectivity index (χ1) is 16.9. The highest BCUT2D eigenvalue weighted by Crippen LogP contribution is 2.29. The molecule has 0 saturated heterocycles. The van der Waals surface area contributed by atoms with Crippen LogP contribution in [0.4, 0.5) is 11.4 Å². The molecule has 0 fully saturated rings. The number of amides is 3.